The Hall–Kier alpha value is -6.21. The molecule has 0 aliphatic rings. The Morgan fingerprint density at radius 2 is 1.30 bits per heavy atom. The van der Waals surface area contributed by atoms with E-state index in [1.165, 1.54) is 0 Å². The predicted molar refractivity (Wildman–Crippen MR) is 173 cm³/mol. The van der Waals surface area contributed by atoms with Crippen LogP contribution >= 0.6 is 0 Å². The number of benzene rings is 5. The van der Waals surface area contributed by atoms with Crippen LogP contribution < -0.4 is 5.56 Å². The van der Waals surface area contributed by atoms with Gasteiger partial charge in [0.1, 0.15) is 16.8 Å². The number of furan rings is 1. The van der Waals surface area contributed by atoms with E-state index in [-0.39, 0.29) is 5.56 Å². The second kappa shape index (κ2) is 9.40. The van der Waals surface area contributed by atoms with E-state index in [4.69, 9.17) is 24.4 Å². The molecule has 0 aliphatic heterocycles. The molecule has 0 aliphatic carbocycles. The number of hydrogen-bond acceptors (Lipinski definition) is 6. The van der Waals surface area contributed by atoms with Gasteiger partial charge >= 0.3 is 0 Å². The Morgan fingerprint density at radius 1 is 0.545 bits per heavy atom. The predicted octanol–water partition coefficient (Wildman–Crippen LogP) is 8.09. The normalized spacial score (nSPS) is 11.7. The summed E-state index contributed by atoms with van der Waals surface area (Å²) in [4.78, 5) is 34.0. The topological polar surface area (TPSA) is 86.2 Å². The molecule has 44 heavy (non-hydrogen) atoms. The van der Waals surface area contributed by atoms with Crippen molar-refractivity contribution >= 4 is 49.4 Å². The third-order valence-corrected chi connectivity index (χ3v) is 8.06. The molecule has 4 aromatic heterocycles. The first-order valence-corrected chi connectivity index (χ1v) is 14.3. The first kappa shape index (κ1) is 24.4. The van der Waals surface area contributed by atoms with Crippen LogP contribution in [-0.4, -0.2) is 24.3 Å². The Balaban J connectivity index is 1.33. The van der Waals surface area contributed by atoms with E-state index in [1.807, 2.05) is 127 Å². The van der Waals surface area contributed by atoms with Gasteiger partial charge in [0.2, 0.25) is 0 Å². The molecule has 4 heterocycles. The third kappa shape index (κ3) is 3.73. The molecule has 9 rings (SSSR count). The molecular formula is C37H21N5O2. The van der Waals surface area contributed by atoms with Crippen molar-refractivity contribution in [1.29, 1.82) is 0 Å². The van der Waals surface area contributed by atoms with E-state index >= 15 is 0 Å². The van der Waals surface area contributed by atoms with Crippen LogP contribution in [0.1, 0.15) is 0 Å². The summed E-state index contributed by atoms with van der Waals surface area (Å²) in [6, 6.07) is 41.0. The summed E-state index contributed by atoms with van der Waals surface area (Å²) < 4.78 is 7.73. The summed E-state index contributed by atoms with van der Waals surface area (Å²) in [6.07, 6.45) is 0. The highest BCUT2D eigenvalue weighted by Crippen LogP contribution is 2.33. The Labute approximate surface area is 249 Å². The lowest BCUT2D eigenvalue weighted by atomic mass is 10.1. The summed E-state index contributed by atoms with van der Waals surface area (Å²) in [6.45, 7) is 0. The molecule has 0 amide bonds. The van der Waals surface area contributed by atoms with Gasteiger partial charge in [-0.3, -0.25) is 9.20 Å². The average molecular weight is 568 g/mol. The Bertz CT molecular complexity index is 2640. The first-order valence-electron chi connectivity index (χ1n) is 14.3. The average Bonchev–Trinajstić information content (AvgIpc) is 3.46. The summed E-state index contributed by atoms with van der Waals surface area (Å²) in [5, 5.41) is 3.41. The van der Waals surface area contributed by atoms with Crippen LogP contribution in [0, 0.1) is 0 Å². The molecule has 206 valence electrons. The van der Waals surface area contributed by atoms with Crippen molar-refractivity contribution < 1.29 is 4.42 Å². The van der Waals surface area contributed by atoms with E-state index < -0.39 is 0 Å². The second-order valence-corrected chi connectivity index (χ2v) is 10.7. The first-order chi connectivity index (χ1) is 21.7. The second-order valence-electron chi connectivity index (χ2n) is 10.7. The van der Waals surface area contributed by atoms with Crippen molar-refractivity contribution in [3.8, 4) is 34.2 Å². The van der Waals surface area contributed by atoms with Gasteiger partial charge < -0.3 is 4.42 Å². The lowest BCUT2D eigenvalue weighted by Crippen LogP contribution is -2.17. The Kier molecular flexibility index (Phi) is 5.21. The smallest absolute Gasteiger partial charge is 0.266 e. The quantitative estimate of drug-likeness (QED) is 0.158. The zero-order valence-electron chi connectivity index (χ0n) is 23.2. The maximum Gasteiger partial charge on any atom is 0.266 e. The van der Waals surface area contributed by atoms with Gasteiger partial charge in [0.15, 0.2) is 17.5 Å². The highest BCUT2D eigenvalue weighted by atomic mass is 16.3. The number of aromatic nitrogens is 5. The molecule has 5 aromatic carbocycles. The van der Waals surface area contributed by atoms with E-state index in [2.05, 4.69) is 0 Å². The molecule has 0 radical (unpaired) electrons. The molecule has 0 bridgehead atoms. The fourth-order valence-corrected chi connectivity index (χ4v) is 5.98. The molecule has 0 unspecified atom stereocenters. The molecule has 0 atom stereocenters. The van der Waals surface area contributed by atoms with Gasteiger partial charge in [-0.05, 0) is 53.9 Å². The van der Waals surface area contributed by atoms with Crippen LogP contribution in [0.15, 0.2) is 137 Å². The molecule has 0 N–H and O–H groups in total. The minimum absolute atomic E-state index is 0.174. The highest BCUT2D eigenvalue weighted by Gasteiger charge is 2.19. The lowest BCUT2D eigenvalue weighted by molar-refractivity contribution is 0.669. The number of hydrogen-bond donors (Lipinski definition) is 0. The van der Waals surface area contributed by atoms with Crippen molar-refractivity contribution in [2.24, 2.45) is 0 Å². The minimum Gasteiger partial charge on any atom is -0.456 e. The van der Waals surface area contributed by atoms with Crippen molar-refractivity contribution in [3.05, 3.63) is 138 Å². The van der Waals surface area contributed by atoms with Gasteiger partial charge in [0.25, 0.3) is 5.56 Å². The fraction of sp³-hybridized carbons (Fsp3) is 0. The fourth-order valence-electron chi connectivity index (χ4n) is 5.98. The minimum atomic E-state index is -0.174. The maximum atomic E-state index is 14.3. The van der Waals surface area contributed by atoms with Crippen LogP contribution in [0.4, 0.5) is 0 Å². The molecule has 0 saturated heterocycles. The van der Waals surface area contributed by atoms with Gasteiger partial charge in [-0.1, -0.05) is 78.9 Å². The van der Waals surface area contributed by atoms with E-state index in [9.17, 15) is 4.79 Å². The van der Waals surface area contributed by atoms with Crippen molar-refractivity contribution in [3.63, 3.8) is 0 Å². The third-order valence-electron chi connectivity index (χ3n) is 8.06. The van der Waals surface area contributed by atoms with E-state index in [0.29, 0.717) is 39.6 Å². The summed E-state index contributed by atoms with van der Waals surface area (Å²) >= 11 is 0. The van der Waals surface area contributed by atoms with Gasteiger partial charge in [-0.25, -0.2) is 19.9 Å². The molecule has 0 spiro atoms. The number of nitrogens with zero attached hydrogens (tertiary/aromatic N) is 5. The standard InChI is InChI=1S/C37H21N5O2/c43-37-33-26(13-8-14-28(33)38-32-20-18-22-9-4-6-15-29(22)42(32)37)36-40-34(23-10-2-1-3-11-23)39-35(41-36)24-17-19-31-27(21-24)25-12-5-7-16-30(25)44-31/h1-21H. The van der Waals surface area contributed by atoms with E-state index in [0.717, 1.165) is 44.0 Å². The lowest BCUT2D eigenvalue weighted by Gasteiger charge is -2.11. The molecular weight excluding hydrogens is 546 g/mol. The molecule has 7 nitrogen and oxygen atoms in total. The molecule has 0 saturated carbocycles. The van der Waals surface area contributed by atoms with Gasteiger partial charge in [-0.15, -0.1) is 0 Å². The zero-order chi connectivity index (χ0) is 29.2. The van der Waals surface area contributed by atoms with Crippen LogP contribution in [0.5, 0.6) is 0 Å². The van der Waals surface area contributed by atoms with Crippen LogP contribution in [0.3, 0.4) is 0 Å². The van der Waals surface area contributed by atoms with Crippen molar-refractivity contribution in [1.82, 2.24) is 24.3 Å². The van der Waals surface area contributed by atoms with Crippen LogP contribution in [-0.2, 0) is 0 Å². The molecule has 7 heteroatoms. The number of para-hydroxylation sites is 2. The number of fused-ring (bicyclic) bond motifs is 7. The largest absolute Gasteiger partial charge is 0.456 e. The highest BCUT2D eigenvalue weighted by molar-refractivity contribution is 6.06. The molecule has 9 aromatic rings. The summed E-state index contributed by atoms with van der Waals surface area (Å²) in [7, 11) is 0. The van der Waals surface area contributed by atoms with Crippen LogP contribution in [0.2, 0.25) is 0 Å². The summed E-state index contributed by atoms with van der Waals surface area (Å²) in [5.74, 6) is 1.41. The molecule has 0 fully saturated rings. The van der Waals surface area contributed by atoms with Crippen molar-refractivity contribution in [2.45, 2.75) is 0 Å². The Morgan fingerprint density at radius 3 is 2.20 bits per heavy atom. The van der Waals surface area contributed by atoms with E-state index in [1.54, 1.807) is 4.40 Å². The van der Waals surface area contributed by atoms with Gasteiger partial charge in [-0.2, -0.15) is 0 Å². The SMILES string of the molecule is O=c1c2c(-c3nc(-c4ccccc4)nc(-c4ccc5oc6ccccc6c5c4)n3)cccc2nc2ccc3ccccc3n12. The zero-order valence-corrected chi connectivity index (χ0v) is 23.2. The van der Waals surface area contributed by atoms with Crippen molar-refractivity contribution in [2.75, 3.05) is 0 Å². The monoisotopic (exact) mass is 567 g/mol. The maximum absolute atomic E-state index is 14.3. The van der Waals surface area contributed by atoms with Crippen LogP contribution in [0.25, 0.3) is 83.6 Å². The number of rotatable bonds is 3. The van der Waals surface area contributed by atoms with Gasteiger partial charge in [0.05, 0.1) is 16.4 Å². The van der Waals surface area contributed by atoms with Gasteiger partial charge in [0, 0.05) is 27.5 Å². The summed E-state index contributed by atoms with van der Waals surface area (Å²) in [5.41, 5.74) is 5.66. The number of pyridine rings is 1.